The van der Waals surface area contributed by atoms with Gasteiger partial charge < -0.3 is 10.6 Å². The van der Waals surface area contributed by atoms with Crippen molar-refractivity contribution in [2.24, 2.45) is 5.73 Å². The molecular formula is C18H21BrN2. The second kappa shape index (κ2) is 6.20. The highest BCUT2D eigenvalue weighted by molar-refractivity contribution is 9.10. The van der Waals surface area contributed by atoms with Gasteiger partial charge in [-0.25, -0.2) is 0 Å². The molecule has 0 fully saturated rings. The monoisotopic (exact) mass is 344 g/mol. The van der Waals surface area contributed by atoms with Gasteiger partial charge >= 0.3 is 0 Å². The highest BCUT2D eigenvalue weighted by Crippen LogP contribution is 2.28. The van der Waals surface area contributed by atoms with Gasteiger partial charge in [0.1, 0.15) is 0 Å². The molecule has 0 saturated heterocycles. The fourth-order valence-electron chi connectivity index (χ4n) is 3.01. The summed E-state index contributed by atoms with van der Waals surface area (Å²) in [5.74, 6) is 0. The van der Waals surface area contributed by atoms with Gasteiger partial charge in [0.2, 0.25) is 0 Å². The predicted molar refractivity (Wildman–Crippen MR) is 92.8 cm³/mol. The van der Waals surface area contributed by atoms with E-state index in [0.29, 0.717) is 0 Å². The number of hydrogen-bond donors (Lipinski definition) is 1. The van der Waals surface area contributed by atoms with Crippen LogP contribution in [0.4, 0.5) is 5.69 Å². The van der Waals surface area contributed by atoms with Crippen LogP contribution in [0.2, 0.25) is 0 Å². The van der Waals surface area contributed by atoms with Crippen molar-refractivity contribution in [1.82, 2.24) is 0 Å². The summed E-state index contributed by atoms with van der Waals surface area (Å²) in [4.78, 5) is 2.47. The van der Waals surface area contributed by atoms with E-state index in [9.17, 15) is 0 Å². The number of rotatable bonds is 2. The van der Waals surface area contributed by atoms with E-state index in [1.54, 1.807) is 0 Å². The summed E-state index contributed by atoms with van der Waals surface area (Å²) >= 11 is 3.66. The number of nitrogens with two attached hydrogens (primary N) is 1. The summed E-state index contributed by atoms with van der Waals surface area (Å²) in [6.45, 7) is 4.16. The molecule has 0 bridgehead atoms. The van der Waals surface area contributed by atoms with Gasteiger partial charge in [-0.2, -0.15) is 0 Å². The summed E-state index contributed by atoms with van der Waals surface area (Å²) in [6.07, 6.45) is 2.23. The molecular weight excluding hydrogens is 324 g/mol. The van der Waals surface area contributed by atoms with Crippen molar-refractivity contribution in [1.29, 1.82) is 0 Å². The van der Waals surface area contributed by atoms with Crippen molar-refractivity contribution in [3.63, 3.8) is 0 Å². The van der Waals surface area contributed by atoms with Crippen LogP contribution in [0, 0.1) is 0 Å². The van der Waals surface area contributed by atoms with Crippen molar-refractivity contribution in [3.05, 3.63) is 63.6 Å². The third-order valence-electron chi connectivity index (χ3n) is 4.26. The van der Waals surface area contributed by atoms with Crippen LogP contribution in [-0.2, 0) is 12.8 Å². The fourth-order valence-corrected chi connectivity index (χ4v) is 3.74. The lowest BCUT2D eigenvalue weighted by atomic mass is 10.0. The summed E-state index contributed by atoms with van der Waals surface area (Å²) in [5.41, 5.74) is 11.4. The first kappa shape index (κ1) is 14.6. The summed E-state index contributed by atoms with van der Waals surface area (Å²) in [5, 5.41) is 0. The standard InChI is InChI=1S/C18H21BrN2/c1-13(20)17-7-6-16(12-18(17)19)21-10-8-14-4-2-3-5-15(14)9-11-21/h2-7,12-13H,8-11,20H2,1H3/t13-/m0/s1. The maximum Gasteiger partial charge on any atom is 0.0377 e. The maximum atomic E-state index is 5.98. The number of halogens is 1. The van der Waals surface area contributed by atoms with Crippen LogP contribution in [-0.4, -0.2) is 13.1 Å². The molecule has 3 heteroatoms. The molecule has 1 heterocycles. The van der Waals surface area contributed by atoms with Gasteiger partial charge in [0.25, 0.3) is 0 Å². The lowest BCUT2D eigenvalue weighted by Crippen LogP contribution is -2.26. The molecule has 1 aliphatic rings. The minimum atomic E-state index is 0.0572. The van der Waals surface area contributed by atoms with Crippen molar-refractivity contribution in [3.8, 4) is 0 Å². The van der Waals surface area contributed by atoms with Crippen LogP contribution in [0.1, 0.15) is 29.7 Å². The maximum absolute atomic E-state index is 5.98. The van der Waals surface area contributed by atoms with Crippen LogP contribution >= 0.6 is 15.9 Å². The molecule has 1 aliphatic heterocycles. The SMILES string of the molecule is C[C@H](N)c1ccc(N2CCc3ccccc3CC2)cc1Br. The van der Waals surface area contributed by atoms with E-state index in [-0.39, 0.29) is 6.04 Å². The Morgan fingerprint density at radius 1 is 1.05 bits per heavy atom. The molecule has 0 amide bonds. The highest BCUT2D eigenvalue weighted by Gasteiger charge is 2.15. The van der Waals surface area contributed by atoms with Crippen molar-refractivity contribution < 1.29 is 0 Å². The zero-order valence-corrected chi connectivity index (χ0v) is 13.9. The largest absolute Gasteiger partial charge is 0.371 e. The Kier molecular flexibility index (Phi) is 4.32. The lowest BCUT2D eigenvalue weighted by Gasteiger charge is -2.24. The second-order valence-electron chi connectivity index (χ2n) is 5.75. The third-order valence-corrected chi connectivity index (χ3v) is 4.95. The molecule has 21 heavy (non-hydrogen) atoms. The second-order valence-corrected chi connectivity index (χ2v) is 6.60. The Morgan fingerprint density at radius 3 is 2.19 bits per heavy atom. The molecule has 3 rings (SSSR count). The molecule has 0 unspecified atom stereocenters. The number of nitrogens with zero attached hydrogens (tertiary/aromatic N) is 1. The molecule has 0 aliphatic carbocycles. The number of fused-ring (bicyclic) bond motifs is 1. The lowest BCUT2D eigenvalue weighted by molar-refractivity contribution is 0.796. The molecule has 2 aromatic rings. The minimum absolute atomic E-state index is 0.0572. The molecule has 110 valence electrons. The van der Waals surface area contributed by atoms with E-state index < -0.39 is 0 Å². The number of hydrogen-bond acceptors (Lipinski definition) is 2. The Balaban J connectivity index is 1.81. The van der Waals surface area contributed by atoms with Gasteiger partial charge in [0.05, 0.1) is 0 Å². The summed E-state index contributed by atoms with van der Waals surface area (Å²) in [6, 6.07) is 15.4. The molecule has 2 aromatic carbocycles. The Morgan fingerprint density at radius 2 is 1.67 bits per heavy atom. The van der Waals surface area contributed by atoms with Crippen LogP contribution in [0.25, 0.3) is 0 Å². The predicted octanol–water partition coefficient (Wildman–Crippen LogP) is 4.07. The first-order valence-electron chi connectivity index (χ1n) is 7.52. The first-order chi connectivity index (χ1) is 10.1. The smallest absolute Gasteiger partial charge is 0.0377 e. The fraction of sp³-hybridized carbons (Fsp3) is 0.333. The van der Waals surface area contributed by atoms with Gasteiger partial charge in [-0.3, -0.25) is 0 Å². The Bertz CT molecular complexity index is 610. The van der Waals surface area contributed by atoms with Gasteiger partial charge in [-0.05, 0) is 48.6 Å². The van der Waals surface area contributed by atoms with Crippen molar-refractivity contribution >= 4 is 21.6 Å². The molecule has 1 atom stereocenters. The number of anilines is 1. The first-order valence-corrected chi connectivity index (χ1v) is 8.31. The molecule has 2 nitrogen and oxygen atoms in total. The van der Waals surface area contributed by atoms with Crippen LogP contribution in [0.3, 0.4) is 0 Å². The van der Waals surface area contributed by atoms with E-state index >= 15 is 0 Å². The summed E-state index contributed by atoms with van der Waals surface area (Å²) in [7, 11) is 0. The van der Waals surface area contributed by atoms with Crippen LogP contribution < -0.4 is 10.6 Å². The van der Waals surface area contributed by atoms with Crippen molar-refractivity contribution in [2.75, 3.05) is 18.0 Å². The highest BCUT2D eigenvalue weighted by atomic mass is 79.9. The van der Waals surface area contributed by atoms with Crippen molar-refractivity contribution in [2.45, 2.75) is 25.8 Å². The Labute approximate surface area is 135 Å². The molecule has 0 radical (unpaired) electrons. The van der Waals surface area contributed by atoms with E-state index in [1.165, 1.54) is 16.8 Å². The molecule has 2 N–H and O–H groups in total. The molecule has 0 aromatic heterocycles. The third kappa shape index (κ3) is 3.14. The van der Waals surface area contributed by atoms with Gasteiger partial charge in [0, 0.05) is 29.3 Å². The van der Waals surface area contributed by atoms with E-state index in [4.69, 9.17) is 5.73 Å². The topological polar surface area (TPSA) is 29.3 Å². The van der Waals surface area contributed by atoms with Crippen LogP contribution in [0.5, 0.6) is 0 Å². The van der Waals surface area contributed by atoms with E-state index in [0.717, 1.165) is 36.0 Å². The molecule has 0 saturated carbocycles. The normalized spacial score (nSPS) is 16.2. The number of benzene rings is 2. The minimum Gasteiger partial charge on any atom is -0.371 e. The zero-order valence-electron chi connectivity index (χ0n) is 12.3. The van der Waals surface area contributed by atoms with E-state index in [2.05, 4.69) is 63.3 Å². The molecule has 0 spiro atoms. The average Bonchev–Trinajstić information content (AvgIpc) is 2.69. The Hall–Kier alpha value is -1.32. The van der Waals surface area contributed by atoms with Gasteiger partial charge in [0.15, 0.2) is 0 Å². The quantitative estimate of drug-likeness (QED) is 0.889. The zero-order chi connectivity index (χ0) is 14.8. The van der Waals surface area contributed by atoms with Crippen LogP contribution in [0.15, 0.2) is 46.9 Å². The van der Waals surface area contributed by atoms with Gasteiger partial charge in [-0.15, -0.1) is 0 Å². The van der Waals surface area contributed by atoms with E-state index in [1.807, 2.05) is 6.92 Å². The summed E-state index contributed by atoms with van der Waals surface area (Å²) < 4.78 is 1.11. The average molecular weight is 345 g/mol. The van der Waals surface area contributed by atoms with Gasteiger partial charge in [-0.1, -0.05) is 46.3 Å².